The average molecular weight is 276 g/mol. The highest BCUT2D eigenvalue weighted by Crippen LogP contribution is 2.16. The molecule has 0 aliphatic rings. The van der Waals surface area contributed by atoms with E-state index in [2.05, 4.69) is 5.32 Å². The molecule has 2 rings (SSSR count). The van der Waals surface area contributed by atoms with Crippen LogP contribution >= 0.6 is 0 Å². The Labute approximate surface area is 116 Å². The second kappa shape index (κ2) is 6.34. The molecule has 1 atom stereocenters. The Morgan fingerprint density at radius 1 is 1.35 bits per heavy atom. The zero-order valence-electron chi connectivity index (χ0n) is 11.2. The van der Waals surface area contributed by atoms with Crippen molar-refractivity contribution in [1.82, 2.24) is 4.57 Å². The number of anilines is 1. The molecule has 1 heterocycles. The van der Waals surface area contributed by atoms with E-state index >= 15 is 0 Å². The molecule has 0 bridgehead atoms. The third-order valence-electron chi connectivity index (χ3n) is 3.00. The van der Waals surface area contributed by atoms with Crippen LogP contribution in [-0.2, 0) is 11.3 Å². The van der Waals surface area contributed by atoms with Gasteiger partial charge in [-0.25, -0.2) is 4.39 Å². The number of nitrogens with one attached hydrogen (secondary N) is 1. The molecule has 0 radical (unpaired) electrons. The first kappa shape index (κ1) is 14.3. The number of hydrogen-bond donors (Lipinski definition) is 2. The van der Waals surface area contributed by atoms with Gasteiger partial charge in [0.05, 0.1) is 6.10 Å². The van der Waals surface area contributed by atoms with Gasteiger partial charge in [0.2, 0.25) is 5.91 Å². The van der Waals surface area contributed by atoms with Gasteiger partial charge in [0.15, 0.2) is 0 Å². The topological polar surface area (TPSA) is 54.3 Å². The van der Waals surface area contributed by atoms with Crippen molar-refractivity contribution in [3.63, 3.8) is 0 Å². The highest BCUT2D eigenvalue weighted by Gasteiger charge is 2.08. The highest BCUT2D eigenvalue weighted by atomic mass is 19.1. The Kier molecular flexibility index (Phi) is 4.53. The molecule has 1 aromatic carbocycles. The predicted octanol–water partition coefficient (Wildman–Crippen LogP) is 2.71. The molecule has 0 aliphatic heterocycles. The number of rotatable bonds is 5. The molecular formula is C15H17FN2O2. The van der Waals surface area contributed by atoms with E-state index in [-0.39, 0.29) is 18.3 Å². The fourth-order valence-corrected chi connectivity index (χ4v) is 1.89. The highest BCUT2D eigenvalue weighted by molar-refractivity contribution is 5.90. The van der Waals surface area contributed by atoms with Gasteiger partial charge in [-0.1, -0.05) is 6.92 Å². The summed E-state index contributed by atoms with van der Waals surface area (Å²) in [4.78, 5) is 11.8. The van der Waals surface area contributed by atoms with Crippen LogP contribution in [0.4, 0.5) is 10.1 Å². The van der Waals surface area contributed by atoms with Gasteiger partial charge in [0, 0.05) is 18.1 Å². The van der Waals surface area contributed by atoms with Crippen LogP contribution in [0.15, 0.2) is 42.7 Å². The minimum Gasteiger partial charge on any atom is -0.388 e. The summed E-state index contributed by atoms with van der Waals surface area (Å²) >= 11 is 0. The van der Waals surface area contributed by atoms with Crippen LogP contribution in [0.25, 0.3) is 0 Å². The molecule has 1 aromatic heterocycles. The number of hydrogen-bond acceptors (Lipinski definition) is 2. The molecule has 1 unspecified atom stereocenters. The Morgan fingerprint density at radius 3 is 2.70 bits per heavy atom. The Morgan fingerprint density at radius 2 is 2.05 bits per heavy atom. The normalized spacial score (nSPS) is 12.2. The molecule has 2 aromatic rings. The zero-order valence-corrected chi connectivity index (χ0v) is 11.2. The Hall–Kier alpha value is -2.14. The summed E-state index contributed by atoms with van der Waals surface area (Å²) in [6.07, 6.45) is 3.62. The van der Waals surface area contributed by atoms with Crippen molar-refractivity contribution in [3.05, 3.63) is 54.1 Å². The van der Waals surface area contributed by atoms with Crippen molar-refractivity contribution in [2.75, 3.05) is 5.32 Å². The number of nitrogens with zero attached hydrogens (tertiary/aromatic N) is 1. The fourth-order valence-electron chi connectivity index (χ4n) is 1.89. The van der Waals surface area contributed by atoms with E-state index < -0.39 is 6.10 Å². The number of amides is 1. The van der Waals surface area contributed by atoms with E-state index in [0.717, 1.165) is 5.56 Å². The molecule has 0 fully saturated rings. The minimum atomic E-state index is -0.503. The number of carbonyl (C=O) groups excluding carboxylic acids is 1. The van der Waals surface area contributed by atoms with Crippen molar-refractivity contribution in [3.8, 4) is 0 Å². The van der Waals surface area contributed by atoms with Crippen molar-refractivity contribution in [2.24, 2.45) is 0 Å². The molecule has 0 saturated heterocycles. The number of benzene rings is 1. The van der Waals surface area contributed by atoms with Crippen molar-refractivity contribution in [2.45, 2.75) is 26.0 Å². The lowest BCUT2D eigenvalue weighted by Crippen LogP contribution is -2.17. The first-order chi connectivity index (χ1) is 9.58. The number of halogens is 1. The van der Waals surface area contributed by atoms with Gasteiger partial charge < -0.3 is 15.0 Å². The smallest absolute Gasteiger partial charge is 0.244 e. The quantitative estimate of drug-likeness (QED) is 0.882. The number of carbonyl (C=O) groups is 1. The molecule has 4 nitrogen and oxygen atoms in total. The predicted molar refractivity (Wildman–Crippen MR) is 74.7 cm³/mol. The average Bonchev–Trinajstić information content (AvgIpc) is 2.89. The lowest BCUT2D eigenvalue weighted by molar-refractivity contribution is -0.116. The van der Waals surface area contributed by atoms with Gasteiger partial charge in [-0.2, -0.15) is 0 Å². The van der Waals surface area contributed by atoms with E-state index in [1.807, 2.05) is 6.92 Å². The third-order valence-corrected chi connectivity index (χ3v) is 3.00. The second-order valence-electron chi connectivity index (χ2n) is 4.60. The molecular weight excluding hydrogens is 259 g/mol. The third kappa shape index (κ3) is 3.68. The molecule has 0 saturated carbocycles. The second-order valence-corrected chi connectivity index (χ2v) is 4.60. The van der Waals surface area contributed by atoms with Gasteiger partial charge in [-0.3, -0.25) is 4.79 Å². The van der Waals surface area contributed by atoms with E-state index in [9.17, 15) is 14.3 Å². The summed E-state index contributed by atoms with van der Waals surface area (Å²) in [6, 6.07) is 7.39. The maximum Gasteiger partial charge on any atom is 0.244 e. The van der Waals surface area contributed by atoms with E-state index in [1.165, 1.54) is 24.3 Å². The van der Waals surface area contributed by atoms with E-state index in [4.69, 9.17) is 0 Å². The van der Waals surface area contributed by atoms with Crippen LogP contribution in [0.5, 0.6) is 0 Å². The monoisotopic (exact) mass is 276 g/mol. The first-order valence-electron chi connectivity index (χ1n) is 6.47. The van der Waals surface area contributed by atoms with E-state index in [0.29, 0.717) is 12.1 Å². The number of aliphatic hydroxyl groups excluding tert-OH is 1. The maximum absolute atomic E-state index is 12.7. The fraction of sp³-hybridized carbons (Fsp3) is 0.267. The summed E-state index contributed by atoms with van der Waals surface area (Å²) in [5.74, 6) is -0.545. The lowest BCUT2D eigenvalue weighted by Gasteiger charge is -2.07. The van der Waals surface area contributed by atoms with Crippen LogP contribution < -0.4 is 5.32 Å². The van der Waals surface area contributed by atoms with E-state index in [1.54, 1.807) is 23.0 Å². The summed E-state index contributed by atoms with van der Waals surface area (Å²) in [6.45, 7) is 2.04. The van der Waals surface area contributed by atoms with Gasteiger partial charge in [0.25, 0.3) is 0 Å². The summed E-state index contributed by atoms with van der Waals surface area (Å²) in [5.41, 5.74) is 1.35. The SMILES string of the molecule is CCC(O)c1ccn(CC(=O)Nc2ccc(F)cc2)c1. The van der Waals surface area contributed by atoms with Gasteiger partial charge in [-0.05, 0) is 42.3 Å². The lowest BCUT2D eigenvalue weighted by atomic mass is 10.1. The Bertz CT molecular complexity index is 578. The zero-order chi connectivity index (χ0) is 14.5. The molecule has 2 N–H and O–H groups in total. The van der Waals surface area contributed by atoms with Crippen molar-refractivity contribution in [1.29, 1.82) is 0 Å². The molecule has 1 amide bonds. The first-order valence-corrected chi connectivity index (χ1v) is 6.47. The van der Waals surface area contributed by atoms with Gasteiger partial charge in [0.1, 0.15) is 12.4 Å². The van der Waals surface area contributed by atoms with Crippen LogP contribution in [0, 0.1) is 5.82 Å². The van der Waals surface area contributed by atoms with Crippen molar-refractivity contribution < 1.29 is 14.3 Å². The molecule has 20 heavy (non-hydrogen) atoms. The summed E-state index contributed by atoms with van der Waals surface area (Å²) < 4.78 is 14.4. The Balaban J connectivity index is 1.94. The maximum atomic E-state index is 12.7. The molecule has 106 valence electrons. The minimum absolute atomic E-state index is 0.147. The number of aromatic nitrogens is 1. The molecule has 5 heteroatoms. The van der Waals surface area contributed by atoms with Gasteiger partial charge >= 0.3 is 0 Å². The van der Waals surface area contributed by atoms with Crippen LogP contribution in [0.2, 0.25) is 0 Å². The standard InChI is InChI=1S/C15H17FN2O2/c1-2-14(19)11-7-8-18(9-11)10-15(20)17-13-5-3-12(16)4-6-13/h3-9,14,19H,2,10H2,1H3,(H,17,20). The molecule has 0 aliphatic carbocycles. The van der Waals surface area contributed by atoms with Gasteiger partial charge in [-0.15, -0.1) is 0 Å². The number of aliphatic hydroxyl groups is 1. The summed E-state index contributed by atoms with van der Waals surface area (Å²) in [5, 5.41) is 12.4. The van der Waals surface area contributed by atoms with Crippen LogP contribution in [0.3, 0.4) is 0 Å². The van der Waals surface area contributed by atoms with Crippen molar-refractivity contribution >= 4 is 11.6 Å². The summed E-state index contributed by atoms with van der Waals surface area (Å²) in [7, 11) is 0. The molecule has 0 spiro atoms. The largest absolute Gasteiger partial charge is 0.388 e. The van der Waals surface area contributed by atoms with Crippen LogP contribution in [0.1, 0.15) is 25.0 Å². The van der Waals surface area contributed by atoms with Crippen LogP contribution in [-0.4, -0.2) is 15.6 Å².